The van der Waals surface area contributed by atoms with Crippen LogP contribution in [0.2, 0.25) is 5.02 Å². The van der Waals surface area contributed by atoms with Gasteiger partial charge in [-0.1, -0.05) is 29.0 Å². The highest BCUT2D eigenvalue weighted by molar-refractivity contribution is 7.22. The predicted molar refractivity (Wildman–Crippen MR) is 97.2 cm³/mol. The van der Waals surface area contributed by atoms with Crippen molar-refractivity contribution < 1.29 is 4.79 Å². The minimum atomic E-state index is -0.228. The normalized spacial score (nSPS) is 11.3. The molecule has 0 aliphatic heterocycles. The second kappa shape index (κ2) is 5.58. The minimum Gasteiger partial charge on any atom is -0.296 e. The van der Waals surface area contributed by atoms with Crippen molar-refractivity contribution in [2.75, 3.05) is 5.32 Å². The summed E-state index contributed by atoms with van der Waals surface area (Å²) in [5, 5.41) is 4.09. The summed E-state index contributed by atoms with van der Waals surface area (Å²) < 4.78 is 2.73. The molecule has 120 valence electrons. The van der Waals surface area contributed by atoms with Crippen LogP contribution in [0.15, 0.2) is 36.5 Å². The molecule has 0 saturated carbocycles. The Hall–Kier alpha value is -2.44. The van der Waals surface area contributed by atoms with Gasteiger partial charge < -0.3 is 0 Å². The van der Waals surface area contributed by atoms with E-state index < -0.39 is 0 Å². The summed E-state index contributed by atoms with van der Waals surface area (Å²) in [5.41, 5.74) is 3.78. The SMILES string of the molecule is Cc1nc2ccccn2c1C(=O)Nc1nc2c(C)cc(Cl)cc2s1. The van der Waals surface area contributed by atoms with Crippen molar-refractivity contribution in [3.05, 3.63) is 58.5 Å². The highest BCUT2D eigenvalue weighted by atomic mass is 35.5. The van der Waals surface area contributed by atoms with Crippen molar-refractivity contribution >= 4 is 49.8 Å². The number of aromatic nitrogens is 3. The molecule has 1 N–H and O–H groups in total. The number of anilines is 1. The maximum absolute atomic E-state index is 12.7. The monoisotopic (exact) mass is 356 g/mol. The van der Waals surface area contributed by atoms with Crippen LogP contribution in [0.1, 0.15) is 21.7 Å². The number of carbonyl (C=O) groups is 1. The number of aryl methyl sites for hydroxylation is 2. The molecule has 7 heteroatoms. The smallest absolute Gasteiger partial charge is 0.276 e. The van der Waals surface area contributed by atoms with Gasteiger partial charge in [-0.3, -0.25) is 14.5 Å². The molecule has 0 radical (unpaired) electrons. The van der Waals surface area contributed by atoms with E-state index in [2.05, 4.69) is 15.3 Å². The van der Waals surface area contributed by atoms with Crippen LogP contribution in [0, 0.1) is 13.8 Å². The Kier molecular flexibility index (Phi) is 3.51. The maximum atomic E-state index is 12.7. The average Bonchev–Trinajstić information content (AvgIpc) is 3.06. The molecule has 0 bridgehead atoms. The van der Waals surface area contributed by atoms with Gasteiger partial charge in [-0.2, -0.15) is 0 Å². The summed E-state index contributed by atoms with van der Waals surface area (Å²) in [6.07, 6.45) is 1.83. The first-order valence-electron chi connectivity index (χ1n) is 7.34. The molecule has 0 fully saturated rings. The quantitative estimate of drug-likeness (QED) is 0.576. The van der Waals surface area contributed by atoms with Crippen LogP contribution in [0.25, 0.3) is 15.9 Å². The number of carbonyl (C=O) groups excluding carboxylic acids is 1. The fourth-order valence-corrected chi connectivity index (χ4v) is 4.07. The van der Waals surface area contributed by atoms with Gasteiger partial charge in [0.25, 0.3) is 5.91 Å². The van der Waals surface area contributed by atoms with Gasteiger partial charge in [0.1, 0.15) is 11.3 Å². The number of imidazole rings is 1. The van der Waals surface area contributed by atoms with Crippen molar-refractivity contribution in [2.24, 2.45) is 0 Å². The summed E-state index contributed by atoms with van der Waals surface area (Å²) in [7, 11) is 0. The van der Waals surface area contributed by atoms with Crippen molar-refractivity contribution in [2.45, 2.75) is 13.8 Å². The van der Waals surface area contributed by atoms with Crippen LogP contribution in [-0.4, -0.2) is 20.3 Å². The molecule has 4 rings (SSSR count). The fraction of sp³-hybridized carbons (Fsp3) is 0.118. The summed E-state index contributed by atoms with van der Waals surface area (Å²) in [4.78, 5) is 21.6. The maximum Gasteiger partial charge on any atom is 0.276 e. The number of rotatable bonds is 2. The number of pyridine rings is 1. The Morgan fingerprint density at radius 3 is 2.92 bits per heavy atom. The first-order chi connectivity index (χ1) is 11.5. The zero-order valence-electron chi connectivity index (χ0n) is 13.0. The number of nitrogens with one attached hydrogen (secondary N) is 1. The number of halogens is 1. The molecule has 3 aromatic heterocycles. The standard InChI is InChI=1S/C17H13ClN4OS/c1-9-7-11(18)8-12-14(9)20-17(24-12)21-16(23)15-10(2)19-13-5-3-4-6-22(13)15/h3-8H,1-2H3,(H,20,21,23). The molecule has 1 amide bonds. The van der Waals surface area contributed by atoms with E-state index in [-0.39, 0.29) is 5.91 Å². The van der Waals surface area contributed by atoms with Crippen LogP contribution in [0.4, 0.5) is 5.13 Å². The molecule has 5 nitrogen and oxygen atoms in total. The highest BCUT2D eigenvalue weighted by Crippen LogP contribution is 2.31. The molecule has 0 aliphatic rings. The summed E-state index contributed by atoms with van der Waals surface area (Å²) in [6.45, 7) is 3.78. The van der Waals surface area contributed by atoms with Gasteiger partial charge in [0.2, 0.25) is 0 Å². The molecular weight excluding hydrogens is 344 g/mol. The molecule has 0 unspecified atom stereocenters. The fourth-order valence-electron chi connectivity index (χ4n) is 2.75. The van der Waals surface area contributed by atoms with Gasteiger partial charge in [0.05, 0.1) is 15.9 Å². The molecule has 0 saturated heterocycles. The summed E-state index contributed by atoms with van der Waals surface area (Å²) >= 11 is 7.49. The lowest BCUT2D eigenvalue weighted by Crippen LogP contribution is -2.15. The second-order valence-electron chi connectivity index (χ2n) is 5.52. The molecule has 24 heavy (non-hydrogen) atoms. The van der Waals surface area contributed by atoms with E-state index in [4.69, 9.17) is 11.6 Å². The number of hydrogen-bond acceptors (Lipinski definition) is 4. The van der Waals surface area contributed by atoms with Crippen LogP contribution >= 0.6 is 22.9 Å². The molecule has 0 aliphatic carbocycles. The molecule has 1 aromatic carbocycles. The predicted octanol–water partition coefficient (Wildman–Crippen LogP) is 4.47. The van der Waals surface area contributed by atoms with Crippen molar-refractivity contribution in [1.29, 1.82) is 0 Å². The zero-order valence-corrected chi connectivity index (χ0v) is 14.6. The molecule has 0 atom stereocenters. The molecule has 0 spiro atoms. The Balaban J connectivity index is 1.73. The molecule has 4 aromatic rings. The first kappa shape index (κ1) is 15.1. The number of nitrogens with zero attached hydrogens (tertiary/aromatic N) is 3. The Labute approximate surface area is 146 Å². The largest absolute Gasteiger partial charge is 0.296 e. The number of benzene rings is 1. The van der Waals surface area contributed by atoms with Gasteiger partial charge >= 0.3 is 0 Å². The minimum absolute atomic E-state index is 0.228. The highest BCUT2D eigenvalue weighted by Gasteiger charge is 2.18. The lowest BCUT2D eigenvalue weighted by Gasteiger charge is -2.02. The first-order valence-corrected chi connectivity index (χ1v) is 8.54. The lowest BCUT2D eigenvalue weighted by molar-refractivity contribution is 0.102. The zero-order chi connectivity index (χ0) is 16.8. The molecule has 3 heterocycles. The van der Waals surface area contributed by atoms with Crippen LogP contribution in [0.5, 0.6) is 0 Å². The van der Waals surface area contributed by atoms with Crippen LogP contribution in [0.3, 0.4) is 0 Å². The van der Waals surface area contributed by atoms with Crippen LogP contribution in [-0.2, 0) is 0 Å². The van der Waals surface area contributed by atoms with E-state index in [9.17, 15) is 4.79 Å². The number of hydrogen-bond donors (Lipinski definition) is 1. The third-order valence-corrected chi connectivity index (χ3v) is 4.93. The van der Waals surface area contributed by atoms with E-state index in [0.717, 1.165) is 21.4 Å². The van der Waals surface area contributed by atoms with E-state index in [1.54, 1.807) is 4.40 Å². The Morgan fingerprint density at radius 1 is 1.25 bits per heavy atom. The Bertz CT molecular complexity index is 1100. The molecular formula is C17H13ClN4OS. The van der Waals surface area contributed by atoms with Gasteiger partial charge in [0, 0.05) is 11.2 Å². The van der Waals surface area contributed by atoms with Crippen molar-refractivity contribution in [3.8, 4) is 0 Å². The third kappa shape index (κ3) is 2.44. The topological polar surface area (TPSA) is 59.3 Å². The van der Waals surface area contributed by atoms with Crippen molar-refractivity contribution in [1.82, 2.24) is 14.4 Å². The van der Waals surface area contributed by atoms with Gasteiger partial charge in [-0.15, -0.1) is 0 Å². The third-order valence-electron chi connectivity index (χ3n) is 3.79. The Morgan fingerprint density at radius 2 is 2.08 bits per heavy atom. The van der Waals surface area contributed by atoms with Gasteiger partial charge in [-0.05, 0) is 43.7 Å². The van der Waals surface area contributed by atoms with Crippen LogP contribution < -0.4 is 5.32 Å². The van der Waals surface area contributed by atoms with E-state index >= 15 is 0 Å². The summed E-state index contributed by atoms with van der Waals surface area (Å²) in [6, 6.07) is 9.35. The number of fused-ring (bicyclic) bond motifs is 2. The van der Waals surface area contributed by atoms with Gasteiger partial charge in [-0.25, -0.2) is 9.97 Å². The number of thiazole rings is 1. The summed E-state index contributed by atoms with van der Waals surface area (Å²) in [5.74, 6) is -0.228. The van der Waals surface area contributed by atoms with Gasteiger partial charge in [0.15, 0.2) is 5.13 Å². The van der Waals surface area contributed by atoms with E-state index in [0.29, 0.717) is 21.5 Å². The second-order valence-corrected chi connectivity index (χ2v) is 6.98. The lowest BCUT2D eigenvalue weighted by atomic mass is 10.2. The van der Waals surface area contributed by atoms with E-state index in [1.165, 1.54) is 11.3 Å². The van der Waals surface area contributed by atoms with Crippen molar-refractivity contribution in [3.63, 3.8) is 0 Å². The van der Waals surface area contributed by atoms with E-state index in [1.807, 2.05) is 50.4 Å². The number of amides is 1. The average molecular weight is 357 g/mol.